The van der Waals surface area contributed by atoms with Crippen molar-refractivity contribution in [2.75, 3.05) is 33.2 Å². The van der Waals surface area contributed by atoms with Crippen LogP contribution in [0.15, 0.2) is 65.5 Å². The number of pyridine rings is 1. The third-order valence-corrected chi connectivity index (χ3v) is 7.40. The predicted octanol–water partition coefficient (Wildman–Crippen LogP) is 4.09. The van der Waals surface area contributed by atoms with Crippen molar-refractivity contribution in [3.63, 3.8) is 0 Å². The Morgan fingerprint density at radius 2 is 1.50 bits per heavy atom. The van der Waals surface area contributed by atoms with Crippen molar-refractivity contribution in [1.29, 1.82) is 0 Å². The highest BCUT2D eigenvalue weighted by atomic mass is 35.5. The highest BCUT2D eigenvalue weighted by molar-refractivity contribution is 7.27. The number of hydrogen-bond donors (Lipinski definition) is 0. The Morgan fingerprint density at radius 1 is 0.912 bits per heavy atom. The van der Waals surface area contributed by atoms with E-state index in [-0.39, 0.29) is 29.0 Å². The van der Waals surface area contributed by atoms with Gasteiger partial charge in [0.05, 0.1) is 6.04 Å². The first-order chi connectivity index (χ1) is 16.3. The van der Waals surface area contributed by atoms with Gasteiger partial charge in [-0.3, -0.25) is 9.59 Å². The summed E-state index contributed by atoms with van der Waals surface area (Å²) in [7, 11) is 4.74. The van der Waals surface area contributed by atoms with Crippen molar-refractivity contribution in [2.45, 2.75) is 25.8 Å². The zero-order valence-corrected chi connectivity index (χ0v) is 21.8. The summed E-state index contributed by atoms with van der Waals surface area (Å²) in [6.07, 6.45) is 0. The minimum atomic E-state index is -0.278. The van der Waals surface area contributed by atoms with Crippen LogP contribution in [0.4, 0.5) is 0 Å². The van der Waals surface area contributed by atoms with Gasteiger partial charge in [0.1, 0.15) is 5.56 Å². The molecule has 1 amide bonds. The predicted molar refractivity (Wildman–Crippen MR) is 143 cm³/mol. The lowest BCUT2D eigenvalue weighted by atomic mass is 9.87. The van der Waals surface area contributed by atoms with Crippen LogP contribution in [0.25, 0.3) is 0 Å². The van der Waals surface area contributed by atoms with Crippen LogP contribution >= 0.6 is 20.8 Å². The van der Waals surface area contributed by atoms with E-state index in [1.165, 1.54) is 0 Å². The molecule has 0 bridgehead atoms. The lowest BCUT2D eigenvalue weighted by Crippen LogP contribution is -2.48. The van der Waals surface area contributed by atoms with E-state index in [1.54, 1.807) is 15.5 Å². The second kappa shape index (κ2) is 10.4. The molecule has 34 heavy (non-hydrogen) atoms. The van der Waals surface area contributed by atoms with Crippen LogP contribution in [-0.2, 0) is 0 Å². The molecule has 0 radical (unpaired) electrons. The van der Waals surface area contributed by atoms with Crippen molar-refractivity contribution >= 4 is 32.1 Å². The largest absolute Gasteiger partial charge is 0.336 e. The van der Waals surface area contributed by atoms with Crippen molar-refractivity contribution in [3.8, 4) is 0 Å². The minimum Gasteiger partial charge on any atom is -0.336 e. The van der Waals surface area contributed by atoms with E-state index in [9.17, 15) is 9.59 Å². The molecule has 5 nitrogen and oxygen atoms in total. The van der Waals surface area contributed by atoms with Gasteiger partial charge in [0.25, 0.3) is 11.5 Å². The highest BCUT2D eigenvalue weighted by Crippen LogP contribution is 2.34. The lowest BCUT2D eigenvalue weighted by molar-refractivity contribution is 0.0661. The number of carbonyl (C=O) groups is 1. The van der Waals surface area contributed by atoms with Crippen LogP contribution in [0.3, 0.4) is 0 Å². The third kappa shape index (κ3) is 5.12. The molecule has 3 atom stereocenters. The number of aromatic nitrogens is 1. The topological polar surface area (TPSA) is 45.6 Å². The van der Waals surface area contributed by atoms with E-state index in [2.05, 4.69) is 33.2 Å². The molecule has 0 spiro atoms. The minimum absolute atomic E-state index is 0.0296. The molecule has 0 N–H and O–H groups in total. The van der Waals surface area contributed by atoms with Crippen molar-refractivity contribution < 1.29 is 4.79 Å². The molecule has 4 rings (SSSR count). The van der Waals surface area contributed by atoms with Crippen LogP contribution in [0.5, 0.6) is 0 Å². The summed E-state index contributed by atoms with van der Waals surface area (Å²) in [5.41, 5.74) is 2.89. The maximum Gasteiger partial charge on any atom is 0.264 e. The first kappa shape index (κ1) is 24.7. The maximum absolute atomic E-state index is 13.9. The molecule has 7 heteroatoms. The number of amides is 1. The molecule has 0 saturated carbocycles. The molecular formula is C27H31ClN3O2P. The number of carbonyl (C=O) groups excluding carboxylic acids is 1. The monoisotopic (exact) mass is 495 g/mol. The van der Waals surface area contributed by atoms with E-state index in [1.807, 2.05) is 56.4 Å². The van der Waals surface area contributed by atoms with E-state index in [0.29, 0.717) is 18.1 Å². The highest BCUT2D eigenvalue weighted by Gasteiger charge is 2.29. The molecule has 1 aliphatic heterocycles. The summed E-state index contributed by atoms with van der Waals surface area (Å²) in [4.78, 5) is 31.2. The van der Waals surface area contributed by atoms with Gasteiger partial charge in [-0.2, -0.15) is 0 Å². The zero-order chi connectivity index (χ0) is 24.4. The number of nitrogens with zero attached hydrogens (tertiary/aromatic N) is 3. The van der Waals surface area contributed by atoms with Gasteiger partial charge < -0.3 is 14.4 Å². The van der Waals surface area contributed by atoms with Crippen molar-refractivity contribution in [1.82, 2.24) is 14.4 Å². The van der Waals surface area contributed by atoms with Gasteiger partial charge in [-0.1, -0.05) is 54.9 Å². The van der Waals surface area contributed by atoms with E-state index in [4.69, 9.17) is 11.6 Å². The maximum atomic E-state index is 13.9. The molecule has 1 fully saturated rings. The number of likely N-dealkylation sites (N-methyl/N-ethyl adjacent to an activating group) is 1. The van der Waals surface area contributed by atoms with E-state index < -0.39 is 0 Å². The quantitative estimate of drug-likeness (QED) is 0.501. The molecule has 2 aromatic carbocycles. The summed E-state index contributed by atoms with van der Waals surface area (Å²) < 4.78 is 1.79. The summed E-state index contributed by atoms with van der Waals surface area (Å²) in [6.45, 7) is 6.92. The van der Waals surface area contributed by atoms with Gasteiger partial charge in [0, 0.05) is 42.8 Å². The fraction of sp³-hybridized carbons (Fsp3) is 0.333. The molecule has 1 saturated heterocycles. The Hall–Kier alpha value is -2.46. The number of rotatable bonds is 5. The number of piperazine rings is 1. The zero-order valence-electron chi connectivity index (χ0n) is 19.9. The number of hydrogen-bond acceptors (Lipinski definition) is 3. The van der Waals surface area contributed by atoms with E-state index in [0.717, 1.165) is 35.2 Å². The summed E-state index contributed by atoms with van der Waals surface area (Å²) in [5.74, 6) is -0.219. The van der Waals surface area contributed by atoms with Gasteiger partial charge in [-0.15, -0.1) is 9.24 Å². The van der Waals surface area contributed by atoms with Crippen molar-refractivity contribution in [3.05, 3.63) is 98.4 Å². The lowest BCUT2D eigenvalue weighted by Gasteiger charge is -2.33. The third-order valence-electron chi connectivity index (χ3n) is 6.77. The van der Waals surface area contributed by atoms with Crippen LogP contribution in [-0.4, -0.2) is 53.5 Å². The number of aryl methyl sites for hydroxylation is 1. The Morgan fingerprint density at radius 3 is 2.12 bits per heavy atom. The Bertz CT molecular complexity index is 1220. The summed E-state index contributed by atoms with van der Waals surface area (Å²) in [5, 5.41) is 1.75. The fourth-order valence-corrected chi connectivity index (χ4v) is 4.96. The Labute approximate surface area is 208 Å². The van der Waals surface area contributed by atoms with Crippen LogP contribution in [0.2, 0.25) is 5.02 Å². The van der Waals surface area contributed by atoms with Gasteiger partial charge in [0.2, 0.25) is 0 Å². The molecule has 0 aliphatic carbocycles. The molecule has 178 valence electrons. The molecule has 3 aromatic rings. The molecule has 1 aromatic heterocycles. The fourth-order valence-electron chi connectivity index (χ4n) is 4.64. The average molecular weight is 496 g/mol. The first-order valence-corrected chi connectivity index (χ1v) is 12.5. The SMILES string of the molecule is Cc1ccc(C(=O)N2CCN(C)CC2)c(=O)n1[C@@H](c1ccc(P)cc1)C(C)c1ccc(Cl)cc1. The van der Waals surface area contributed by atoms with Gasteiger partial charge in [-0.25, -0.2) is 0 Å². The van der Waals surface area contributed by atoms with Gasteiger partial charge in [-0.05, 0) is 54.7 Å². The smallest absolute Gasteiger partial charge is 0.264 e. The average Bonchev–Trinajstić information content (AvgIpc) is 2.83. The van der Waals surface area contributed by atoms with Gasteiger partial charge >= 0.3 is 0 Å². The summed E-state index contributed by atoms with van der Waals surface area (Å²) >= 11 is 6.13. The van der Waals surface area contributed by atoms with Crippen LogP contribution in [0, 0.1) is 6.92 Å². The van der Waals surface area contributed by atoms with E-state index >= 15 is 0 Å². The first-order valence-electron chi connectivity index (χ1n) is 11.6. The number of benzene rings is 2. The molecule has 2 heterocycles. The van der Waals surface area contributed by atoms with Gasteiger partial charge in [0.15, 0.2) is 0 Å². The molecule has 2 unspecified atom stereocenters. The normalized spacial score (nSPS) is 16.3. The standard InChI is InChI=1S/C27H31ClN3O2P/c1-18-4-13-24(26(32)30-16-14-29(3)15-17-30)27(33)31(18)25(21-7-11-23(34)12-8-21)19(2)20-5-9-22(28)10-6-20/h4-13,19,25H,14-17,34H2,1-3H3/t19?,25-/m1/s1. The Kier molecular flexibility index (Phi) is 7.57. The molecule has 1 aliphatic rings. The second-order valence-electron chi connectivity index (χ2n) is 9.11. The van der Waals surface area contributed by atoms with Crippen LogP contribution < -0.4 is 10.9 Å². The summed E-state index contributed by atoms with van der Waals surface area (Å²) in [6, 6.07) is 19.2. The van der Waals surface area contributed by atoms with Crippen molar-refractivity contribution in [2.24, 2.45) is 0 Å². The Balaban J connectivity index is 1.81. The number of halogens is 1. The second-order valence-corrected chi connectivity index (χ2v) is 10.2. The van der Waals surface area contributed by atoms with Crippen LogP contribution in [0.1, 0.15) is 46.1 Å². The molecular weight excluding hydrogens is 465 g/mol.